The summed E-state index contributed by atoms with van der Waals surface area (Å²) in [6, 6.07) is 9.06. The van der Waals surface area contributed by atoms with Crippen molar-refractivity contribution >= 4 is 35.1 Å². The van der Waals surface area contributed by atoms with E-state index < -0.39 is 0 Å². The molecule has 118 valence electrons. The predicted molar refractivity (Wildman–Crippen MR) is 95.8 cm³/mol. The molecular weight excluding hydrogens is 333 g/mol. The number of terminal acetylenes is 1. The first kappa shape index (κ1) is 17.2. The van der Waals surface area contributed by atoms with Gasteiger partial charge in [-0.05, 0) is 42.3 Å². The van der Waals surface area contributed by atoms with Crippen LogP contribution in [0.4, 0.5) is 5.69 Å². The zero-order valence-electron chi connectivity index (χ0n) is 12.8. The summed E-state index contributed by atoms with van der Waals surface area (Å²) in [4.78, 5) is 4.45. The number of aryl methyl sites for hydroxylation is 1. The number of aliphatic imine (C=N–C) groups is 1. The Morgan fingerprint density at radius 1 is 1.26 bits per heavy atom. The lowest BCUT2D eigenvalue weighted by Gasteiger charge is -2.11. The van der Waals surface area contributed by atoms with E-state index in [0.29, 0.717) is 21.5 Å². The average Bonchev–Trinajstić information content (AvgIpc) is 2.54. The van der Waals surface area contributed by atoms with E-state index in [1.165, 1.54) is 7.11 Å². The molecule has 5 heteroatoms. The SMILES string of the molecule is C#CCOc1c(Cl)cc(C=Nc2cc(Cl)ccc2C)cc1OC. The Hall–Kier alpha value is -2.15. The second-order valence-electron chi connectivity index (χ2n) is 4.72. The molecule has 0 N–H and O–H groups in total. The normalized spacial score (nSPS) is 10.6. The fourth-order valence-electron chi connectivity index (χ4n) is 1.93. The molecule has 0 bridgehead atoms. The summed E-state index contributed by atoms with van der Waals surface area (Å²) in [7, 11) is 1.54. The van der Waals surface area contributed by atoms with Crippen molar-refractivity contribution in [3.8, 4) is 23.8 Å². The van der Waals surface area contributed by atoms with E-state index in [1.807, 2.05) is 19.1 Å². The molecule has 0 saturated heterocycles. The van der Waals surface area contributed by atoms with Gasteiger partial charge in [0, 0.05) is 11.2 Å². The van der Waals surface area contributed by atoms with Crippen LogP contribution in [0.1, 0.15) is 11.1 Å². The van der Waals surface area contributed by atoms with Crippen LogP contribution in [0.15, 0.2) is 35.3 Å². The van der Waals surface area contributed by atoms with Crippen LogP contribution in [-0.4, -0.2) is 19.9 Å². The molecule has 0 fully saturated rings. The lowest BCUT2D eigenvalue weighted by atomic mass is 10.2. The van der Waals surface area contributed by atoms with Crippen LogP contribution in [0.5, 0.6) is 11.5 Å². The summed E-state index contributed by atoms with van der Waals surface area (Å²) in [6.07, 6.45) is 6.89. The largest absolute Gasteiger partial charge is 0.493 e. The highest BCUT2D eigenvalue weighted by Crippen LogP contribution is 2.36. The minimum absolute atomic E-state index is 0.116. The van der Waals surface area contributed by atoms with Crippen molar-refractivity contribution in [3.63, 3.8) is 0 Å². The van der Waals surface area contributed by atoms with Crippen molar-refractivity contribution in [2.75, 3.05) is 13.7 Å². The number of methoxy groups -OCH3 is 1. The van der Waals surface area contributed by atoms with Gasteiger partial charge in [0.05, 0.1) is 17.8 Å². The van der Waals surface area contributed by atoms with Crippen molar-refractivity contribution in [1.82, 2.24) is 0 Å². The summed E-state index contributed by atoms with van der Waals surface area (Å²) < 4.78 is 10.7. The highest BCUT2D eigenvalue weighted by molar-refractivity contribution is 6.32. The van der Waals surface area contributed by atoms with Crippen molar-refractivity contribution in [2.45, 2.75) is 6.92 Å². The summed E-state index contributed by atoms with van der Waals surface area (Å²) in [5, 5.41) is 1.04. The second-order valence-corrected chi connectivity index (χ2v) is 5.56. The Morgan fingerprint density at radius 3 is 2.74 bits per heavy atom. The van der Waals surface area contributed by atoms with Gasteiger partial charge in [-0.25, -0.2) is 0 Å². The third-order valence-corrected chi connectivity index (χ3v) is 3.59. The van der Waals surface area contributed by atoms with Crippen molar-refractivity contribution in [2.24, 2.45) is 4.99 Å². The molecule has 0 unspecified atom stereocenters. The van der Waals surface area contributed by atoms with E-state index in [-0.39, 0.29) is 6.61 Å². The van der Waals surface area contributed by atoms with E-state index in [4.69, 9.17) is 39.1 Å². The van der Waals surface area contributed by atoms with Crippen LogP contribution in [0.2, 0.25) is 10.0 Å². The lowest BCUT2D eigenvalue weighted by Crippen LogP contribution is -1.98. The second kappa shape index (κ2) is 7.92. The lowest BCUT2D eigenvalue weighted by molar-refractivity contribution is 0.331. The Morgan fingerprint density at radius 2 is 2.04 bits per heavy atom. The first-order chi connectivity index (χ1) is 11.0. The third kappa shape index (κ3) is 4.41. The molecule has 2 rings (SSSR count). The number of ether oxygens (including phenoxy) is 2. The molecule has 0 heterocycles. The molecule has 0 spiro atoms. The van der Waals surface area contributed by atoms with E-state index in [2.05, 4.69) is 10.9 Å². The molecule has 0 amide bonds. The fourth-order valence-corrected chi connectivity index (χ4v) is 2.37. The van der Waals surface area contributed by atoms with Crippen molar-refractivity contribution in [1.29, 1.82) is 0 Å². The maximum absolute atomic E-state index is 6.23. The van der Waals surface area contributed by atoms with E-state index >= 15 is 0 Å². The van der Waals surface area contributed by atoms with Gasteiger partial charge < -0.3 is 9.47 Å². The van der Waals surface area contributed by atoms with Gasteiger partial charge in [0.1, 0.15) is 6.61 Å². The number of halogens is 2. The van der Waals surface area contributed by atoms with Gasteiger partial charge in [0.2, 0.25) is 0 Å². The summed E-state index contributed by atoms with van der Waals surface area (Å²) in [5.74, 6) is 3.31. The highest BCUT2D eigenvalue weighted by atomic mass is 35.5. The van der Waals surface area contributed by atoms with Gasteiger partial charge in [0.25, 0.3) is 0 Å². The maximum atomic E-state index is 6.23. The van der Waals surface area contributed by atoms with E-state index in [0.717, 1.165) is 16.8 Å². The monoisotopic (exact) mass is 347 g/mol. The van der Waals surface area contributed by atoms with Crippen molar-refractivity contribution < 1.29 is 9.47 Å². The first-order valence-electron chi connectivity index (χ1n) is 6.79. The Balaban J connectivity index is 2.33. The average molecular weight is 348 g/mol. The molecular formula is C18H15Cl2NO2. The topological polar surface area (TPSA) is 30.8 Å². The van der Waals surface area contributed by atoms with Crippen LogP contribution in [0.3, 0.4) is 0 Å². The van der Waals surface area contributed by atoms with Crippen LogP contribution in [0.25, 0.3) is 0 Å². The van der Waals surface area contributed by atoms with Gasteiger partial charge >= 0.3 is 0 Å². The number of benzene rings is 2. The van der Waals surface area contributed by atoms with Crippen LogP contribution in [-0.2, 0) is 0 Å². The zero-order chi connectivity index (χ0) is 16.8. The molecule has 3 nitrogen and oxygen atoms in total. The Bertz CT molecular complexity index is 779. The third-order valence-electron chi connectivity index (χ3n) is 3.08. The molecule has 0 atom stereocenters. The van der Waals surface area contributed by atoms with Crippen LogP contribution < -0.4 is 9.47 Å². The number of hydrogen-bond donors (Lipinski definition) is 0. The maximum Gasteiger partial charge on any atom is 0.181 e. The standard InChI is InChI=1S/C18H15Cl2NO2/c1-4-7-23-18-15(20)8-13(9-17(18)22-3)11-21-16-10-14(19)6-5-12(16)2/h1,5-6,8-11H,7H2,2-3H3. The van der Waals surface area contributed by atoms with Gasteiger partial charge in [-0.2, -0.15) is 0 Å². The number of nitrogens with zero attached hydrogens (tertiary/aromatic N) is 1. The molecule has 0 aromatic heterocycles. The van der Waals surface area contributed by atoms with E-state index in [1.54, 1.807) is 24.4 Å². The molecule has 0 saturated carbocycles. The van der Waals surface area contributed by atoms with Gasteiger partial charge in [-0.3, -0.25) is 4.99 Å². The molecule has 0 aliphatic rings. The molecule has 0 aliphatic heterocycles. The van der Waals surface area contributed by atoms with Gasteiger partial charge in [0.15, 0.2) is 11.5 Å². The molecule has 2 aromatic rings. The van der Waals surface area contributed by atoms with Crippen LogP contribution >= 0.6 is 23.2 Å². The predicted octanol–water partition coefficient (Wildman–Crippen LogP) is 5.07. The van der Waals surface area contributed by atoms with Crippen LogP contribution in [0, 0.1) is 19.3 Å². The fraction of sp³-hybridized carbons (Fsp3) is 0.167. The van der Waals surface area contributed by atoms with Gasteiger partial charge in [-0.1, -0.05) is 35.2 Å². The zero-order valence-corrected chi connectivity index (χ0v) is 14.3. The Kier molecular flexibility index (Phi) is 5.92. The quantitative estimate of drug-likeness (QED) is 0.558. The van der Waals surface area contributed by atoms with E-state index in [9.17, 15) is 0 Å². The summed E-state index contributed by atoms with van der Waals surface area (Å²) in [5.41, 5.74) is 2.59. The van der Waals surface area contributed by atoms with Gasteiger partial charge in [-0.15, -0.1) is 6.42 Å². The minimum Gasteiger partial charge on any atom is -0.493 e. The Labute approximate surface area is 145 Å². The minimum atomic E-state index is 0.116. The number of hydrogen-bond acceptors (Lipinski definition) is 3. The molecule has 0 aliphatic carbocycles. The summed E-state index contributed by atoms with van der Waals surface area (Å²) in [6.45, 7) is 2.08. The smallest absolute Gasteiger partial charge is 0.181 e. The highest BCUT2D eigenvalue weighted by Gasteiger charge is 2.11. The summed E-state index contributed by atoms with van der Waals surface area (Å²) >= 11 is 12.2. The molecule has 2 aromatic carbocycles. The van der Waals surface area contributed by atoms with Crippen molar-refractivity contribution in [3.05, 3.63) is 51.5 Å². The molecule has 23 heavy (non-hydrogen) atoms. The first-order valence-corrected chi connectivity index (χ1v) is 7.54. The number of rotatable bonds is 5. The molecule has 0 radical (unpaired) electrons.